The van der Waals surface area contributed by atoms with Gasteiger partial charge < -0.3 is 15.6 Å². The summed E-state index contributed by atoms with van der Waals surface area (Å²) in [4.78, 5) is 21.6. The van der Waals surface area contributed by atoms with E-state index in [1.54, 1.807) is 12.1 Å². The average molecular weight is 223 g/mol. The summed E-state index contributed by atoms with van der Waals surface area (Å²) in [6.45, 7) is 0. The zero-order valence-corrected chi connectivity index (χ0v) is 8.84. The Balaban J connectivity index is 2.73. The number of ether oxygens (including phenoxy) is 1. The quantitative estimate of drug-likeness (QED) is 0.741. The lowest BCUT2D eigenvalue weighted by molar-refractivity contribution is -0.141. The SMILES string of the molecule is COC(=O)CC(N)c1ccc(C(=O)O)cc1. The molecule has 0 spiro atoms. The fourth-order valence-corrected chi connectivity index (χ4v) is 1.25. The van der Waals surface area contributed by atoms with Gasteiger partial charge in [0.2, 0.25) is 0 Å². The number of carboxylic acid groups (broad SMARTS) is 1. The largest absolute Gasteiger partial charge is 0.478 e. The lowest BCUT2D eigenvalue weighted by Crippen LogP contribution is -2.16. The minimum atomic E-state index is -0.993. The van der Waals surface area contributed by atoms with Crippen LogP contribution in [0.1, 0.15) is 28.4 Å². The molecule has 0 saturated carbocycles. The van der Waals surface area contributed by atoms with Gasteiger partial charge in [0.1, 0.15) is 0 Å². The number of nitrogens with two attached hydrogens (primary N) is 1. The molecule has 86 valence electrons. The number of hydrogen-bond acceptors (Lipinski definition) is 4. The standard InChI is InChI=1S/C11H13NO4/c1-16-10(13)6-9(12)7-2-4-8(5-3-7)11(14)15/h2-5,9H,6,12H2,1H3,(H,14,15). The highest BCUT2D eigenvalue weighted by Crippen LogP contribution is 2.15. The van der Waals surface area contributed by atoms with Crippen LogP contribution in [-0.4, -0.2) is 24.2 Å². The normalized spacial score (nSPS) is 11.9. The van der Waals surface area contributed by atoms with E-state index in [0.29, 0.717) is 5.56 Å². The van der Waals surface area contributed by atoms with Gasteiger partial charge in [-0.1, -0.05) is 12.1 Å². The van der Waals surface area contributed by atoms with Gasteiger partial charge in [-0.25, -0.2) is 4.79 Å². The van der Waals surface area contributed by atoms with E-state index in [4.69, 9.17) is 10.8 Å². The van der Waals surface area contributed by atoms with Crippen LogP contribution in [0.3, 0.4) is 0 Å². The summed E-state index contributed by atoms with van der Waals surface area (Å²) in [7, 11) is 1.29. The fourth-order valence-electron chi connectivity index (χ4n) is 1.25. The molecule has 1 aromatic rings. The van der Waals surface area contributed by atoms with Crippen LogP contribution >= 0.6 is 0 Å². The highest BCUT2D eigenvalue weighted by molar-refractivity contribution is 5.87. The third kappa shape index (κ3) is 3.06. The first-order valence-corrected chi connectivity index (χ1v) is 4.70. The molecule has 3 N–H and O–H groups in total. The molecule has 0 aromatic heterocycles. The summed E-state index contributed by atoms with van der Waals surface area (Å²) >= 11 is 0. The van der Waals surface area contributed by atoms with Crippen molar-refractivity contribution < 1.29 is 19.4 Å². The van der Waals surface area contributed by atoms with Crippen molar-refractivity contribution in [1.82, 2.24) is 0 Å². The molecule has 1 unspecified atom stereocenters. The Labute approximate surface area is 92.8 Å². The topological polar surface area (TPSA) is 89.6 Å². The van der Waals surface area contributed by atoms with E-state index in [0.717, 1.165) is 0 Å². The smallest absolute Gasteiger partial charge is 0.335 e. The number of aromatic carboxylic acids is 1. The number of benzene rings is 1. The van der Waals surface area contributed by atoms with Crippen LogP contribution in [0.5, 0.6) is 0 Å². The Morgan fingerprint density at radius 2 is 1.94 bits per heavy atom. The van der Waals surface area contributed by atoms with E-state index >= 15 is 0 Å². The molecular weight excluding hydrogens is 210 g/mol. The zero-order chi connectivity index (χ0) is 12.1. The van der Waals surface area contributed by atoms with E-state index in [1.165, 1.54) is 19.2 Å². The summed E-state index contributed by atoms with van der Waals surface area (Å²) in [5.74, 6) is -1.39. The van der Waals surface area contributed by atoms with Gasteiger partial charge in [-0.15, -0.1) is 0 Å². The predicted octanol–water partition coefficient (Wildman–Crippen LogP) is 0.948. The molecule has 0 amide bonds. The zero-order valence-electron chi connectivity index (χ0n) is 8.84. The summed E-state index contributed by atoms with van der Waals surface area (Å²) in [6.07, 6.45) is 0.0723. The maximum Gasteiger partial charge on any atom is 0.335 e. The molecule has 1 atom stereocenters. The average Bonchev–Trinajstić information content (AvgIpc) is 2.28. The molecule has 1 aromatic carbocycles. The molecule has 5 nitrogen and oxygen atoms in total. The van der Waals surface area contributed by atoms with Crippen molar-refractivity contribution in [2.24, 2.45) is 5.73 Å². The summed E-state index contributed by atoms with van der Waals surface area (Å²) in [5, 5.41) is 8.69. The van der Waals surface area contributed by atoms with E-state index in [1.807, 2.05) is 0 Å². The molecular formula is C11H13NO4. The molecule has 0 saturated heterocycles. The van der Waals surface area contributed by atoms with Crippen LogP contribution in [0, 0.1) is 0 Å². The highest BCUT2D eigenvalue weighted by atomic mass is 16.5. The number of methoxy groups -OCH3 is 1. The van der Waals surface area contributed by atoms with Crippen molar-refractivity contribution in [3.8, 4) is 0 Å². The first kappa shape index (κ1) is 12.2. The first-order chi connectivity index (χ1) is 7.54. The molecule has 1 rings (SSSR count). The van der Waals surface area contributed by atoms with Gasteiger partial charge in [0, 0.05) is 6.04 Å². The van der Waals surface area contributed by atoms with Gasteiger partial charge in [-0.3, -0.25) is 4.79 Å². The summed E-state index contributed by atoms with van der Waals surface area (Å²) in [5.41, 5.74) is 6.64. The fraction of sp³-hybridized carbons (Fsp3) is 0.273. The number of carboxylic acids is 1. The van der Waals surface area contributed by atoms with Gasteiger partial charge in [-0.05, 0) is 17.7 Å². The molecule has 0 aliphatic heterocycles. The molecule has 16 heavy (non-hydrogen) atoms. The van der Waals surface area contributed by atoms with Crippen molar-refractivity contribution in [2.75, 3.05) is 7.11 Å². The van der Waals surface area contributed by atoms with Crippen LogP contribution in [0.25, 0.3) is 0 Å². The lowest BCUT2D eigenvalue weighted by Gasteiger charge is -2.10. The van der Waals surface area contributed by atoms with Crippen LogP contribution in [0.2, 0.25) is 0 Å². The van der Waals surface area contributed by atoms with Gasteiger partial charge >= 0.3 is 11.9 Å². The second kappa shape index (κ2) is 5.27. The summed E-state index contributed by atoms with van der Waals surface area (Å²) < 4.78 is 4.49. The van der Waals surface area contributed by atoms with E-state index in [2.05, 4.69) is 4.74 Å². The van der Waals surface area contributed by atoms with Crippen LogP contribution in [0.15, 0.2) is 24.3 Å². The number of esters is 1. The van der Waals surface area contributed by atoms with E-state index in [-0.39, 0.29) is 12.0 Å². The monoisotopic (exact) mass is 223 g/mol. The third-order valence-electron chi connectivity index (χ3n) is 2.20. The van der Waals surface area contributed by atoms with Crippen molar-refractivity contribution in [3.63, 3.8) is 0 Å². The van der Waals surface area contributed by atoms with E-state index in [9.17, 15) is 9.59 Å². The molecule has 0 bridgehead atoms. The van der Waals surface area contributed by atoms with Crippen molar-refractivity contribution >= 4 is 11.9 Å². The van der Waals surface area contributed by atoms with Gasteiger partial charge in [0.15, 0.2) is 0 Å². The minimum absolute atomic E-state index is 0.0723. The first-order valence-electron chi connectivity index (χ1n) is 4.70. The van der Waals surface area contributed by atoms with Crippen molar-refractivity contribution in [2.45, 2.75) is 12.5 Å². The Morgan fingerprint density at radius 3 is 2.38 bits per heavy atom. The van der Waals surface area contributed by atoms with Gasteiger partial charge in [0.05, 0.1) is 19.1 Å². The van der Waals surface area contributed by atoms with Crippen LogP contribution in [-0.2, 0) is 9.53 Å². The Morgan fingerprint density at radius 1 is 1.38 bits per heavy atom. The molecule has 5 heteroatoms. The highest BCUT2D eigenvalue weighted by Gasteiger charge is 2.12. The van der Waals surface area contributed by atoms with Crippen LogP contribution < -0.4 is 5.73 Å². The van der Waals surface area contributed by atoms with Crippen LogP contribution in [0.4, 0.5) is 0 Å². The number of carbonyl (C=O) groups excluding carboxylic acids is 1. The molecule has 0 aliphatic rings. The second-order valence-corrected chi connectivity index (χ2v) is 3.31. The Hall–Kier alpha value is -1.88. The third-order valence-corrected chi connectivity index (χ3v) is 2.20. The Bertz CT molecular complexity index is 385. The van der Waals surface area contributed by atoms with Crippen molar-refractivity contribution in [1.29, 1.82) is 0 Å². The van der Waals surface area contributed by atoms with E-state index < -0.39 is 18.0 Å². The predicted molar refractivity (Wildman–Crippen MR) is 57.0 cm³/mol. The lowest BCUT2D eigenvalue weighted by atomic mass is 10.0. The summed E-state index contributed by atoms with van der Waals surface area (Å²) in [6, 6.07) is 5.62. The number of rotatable bonds is 4. The van der Waals surface area contributed by atoms with Gasteiger partial charge in [0.25, 0.3) is 0 Å². The molecule has 0 aliphatic carbocycles. The second-order valence-electron chi connectivity index (χ2n) is 3.31. The maximum absolute atomic E-state index is 11.0. The van der Waals surface area contributed by atoms with Gasteiger partial charge in [-0.2, -0.15) is 0 Å². The number of hydrogen-bond donors (Lipinski definition) is 2. The van der Waals surface area contributed by atoms with Crippen molar-refractivity contribution in [3.05, 3.63) is 35.4 Å². The minimum Gasteiger partial charge on any atom is -0.478 e. The Kier molecular flexibility index (Phi) is 4.02. The molecule has 0 heterocycles. The maximum atomic E-state index is 11.0. The molecule has 0 fully saturated rings. The number of carbonyl (C=O) groups is 2. The molecule has 0 radical (unpaired) electrons.